The second kappa shape index (κ2) is 5.48. The van der Waals surface area contributed by atoms with Crippen LogP contribution in [0.1, 0.15) is 36.9 Å². The maximum atomic E-state index is 5.97. The molecule has 0 atom stereocenters. The van der Waals surface area contributed by atoms with E-state index < -0.39 is 0 Å². The molecular formula is C15H19BrN4. The predicted molar refractivity (Wildman–Crippen MR) is 86.0 cm³/mol. The number of nitrogens with one attached hydrogen (secondary N) is 1. The van der Waals surface area contributed by atoms with Crippen molar-refractivity contribution >= 4 is 27.3 Å². The summed E-state index contributed by atoms with van der Waals surface area (Å²) in [6, 6.07) is 6.18. The van der Waals surface area contributed by atoms with Crippen LogP contribution in [0.5, 0.6) is 0 Å². The SMILES string of the molecule is CCNc1cc(Cn2cnc(Br)c2C2CC2)ccc1N. The number of imidazole rings is 1. The van der Waals surface area contributed by atoms with Crippen molar-refractivity contribution in [2.75, 3.05) is 17.6 Å². The molecule has 3 rings (SSSR count). The van der Waals surface area contributed by atoms with Crippen molar-refractivity contribution in [3.63, 3.8) is 0 Å². The fourth-order valence-electron chi connectivity index (χ4n) is 2.49. The minimum Gasteiger partial charge on any atom is -0.397 e. The second-order valence-electron chi connectivity index (χ2n) is 5.27. The first-order chi connectivity index (χ1) is 9.69. The minimum atomic E-state index is 0.675. The minimum absolute atomic E-state index is 0.675. The molecule has 20 heavy (non-hydrogen) atoms. The van der Waals surface area contributed by atoms with Gasteiger partial charge in [0.1, 0.15) is 4.60 Å². The van der Waals surface area contributed by atoms with Crippen LogP contribution in [0.15, 0.2) is 29.1 Å². The molecule has 0 unspecified atom stereocenters. The van der Waals surface area contributed by atoms with E-state index in [1.165, 1.54) is 24.1 Å². The van der Waals surface area contributed by atoms with Gasteiger partial charge in [0, 0.05) is 19.0 Å². The lowest BCUT2D eigenvalue weighted by Gasteiger charge is -2.12. The molecule has 106 valence electrons. The summed E-state index contributed by atoms with van der Waals surface area (Å²) in [4.78, 5) is 4.39. The summed E-state index contributed by atoms with van der Waals surface area (Å²) in [6.45, 7) is 3.78. The lowest BCUT2D eigenvalue weighted by molar-refractivity contribution is 0.741. The van der Waals surface area contributed by atoms with Crippen LogP contribution in [0.25, 0.3) is 0 Å². The number of hydrogen-bond donors (Lipinski definition) is 2. The number of nitrogens with zero attached hydrogens (tertiary/aromatic N) is 2. The first kappa shape index (κ1) is 13.5. The van der Waals surface area contributed by atoms with E-state index in [2.05, 4.69) is 49.9 Å². The van der Waals surface area contributed by atoms with Crippen LogP contribution in [0.2, 0.25) is 0 Å². The number of aromatic nitrogens is 2. The van der Waals surface area contributed by atoms with Crippen LogP contribution in [-0.4, -0.2) is 16.1 Å². The highest BCUT2D eigenvalue weighted by Crippen LogP contribution is 2.43. The average molecular weight is 335 g/mol. The Bertz CT molecular complexity index is 616. The summed E-state index contributed by atoms with van der Waals surface area (Å²) >= 11 is 3.56. The highest BCUT2D eigenvalue weighted by Gasteiger charge is 2.29. The Morgan fingerprint density at radius 3 is 2.95 bits per heavy atom. The van der Waals surface area contributed by atoms with E-state index in [-0.39, 0.29) is 0 Å². The van der Waals surface area contributed by atoms with E-state index in [0.29, 0.717) is 5.92 Å². The van der Waals surface area contributed by atoms with Gasteiger partial charge in [-0.05, 0) is 53.4 Å². The van der Waals surface area contributed by atoms with Crippen molar-refractivity contribution in [1.82, 2.24) is 9.55 Å². The molecule has 1 aromatic heterocycles. The van der Waals surface area contributed by atoms with Gasteiger partial charge in [0.05, 0.1) is 23.4 Å². The normalized spacial score (nSPS) is 14.5. The number of rotatable bonds is 5. The van der Waals surface area contributed by atoms with Crippen LogP contribution in [0, 0.1) is 0 Å². The number of anilines is 2. The van der Waals surface area contributed by atoms with Gasteiger partial charge in [0.2, 0.25) is 0 Å². The summed E-state index contributed by atoms with van der Waals surface area (Å²) in [5.74, 6) is 0.675. The van der Waals surface area contributed by atoms with Crippen molar-refractivity contribution < 1.29 is 0 Å². The number of halogens is 1. The molecule has 1 fully saturated rings. The zero-order valence-corrected chi connectivity index (χ0v) is 13.2. The standard InChI is InChI=1S/C15H19BrN4/c1-2-18-13-7-10(3-6-12(13)17)8-20-9-19-15(16)14(20)11-4-5-11/h3,6-7,9,11,18H,2,4-5,8,17H2,1H3. The van der Waals surface area contributed by atoms with Gasteiger partial charge in [0.25, 0.3) is 0 Å². The van der Waals surface area contributed by atoms with Crippen LogP contribution in [-0.2, 0) is 6.54 Å². The van der Waals surface area contributed by atoms with Crippen LogP contribution >= 0.6 is 15.9 Å². The molecule has 1 aliphatic carbocycles. The number of hydrogen-bond acceptors (Lipinski definition) is 3. The quantitative estimate of drug-likeness (QED) is 0.821. The summed E-state index contributed by atoms with van der Waals surface area (Å²) in [5, 5.41) is 3.30. The zero-order valence-electron chi connectivity index (χ0n) is 11.6. The fourth-order valence-corrected chi connectivity index (χ4v) is 3.14. The van der Waals surface area contributed by atoms with Gasteiger partial charge in [-0.25, -0.2) is 4.98 Å². The average Bonchev–Trinajstić information content (AvgIpc) is 3.19. The smallest absolute Gasteiger partial charge is 0.127 e. The van der Waals surface area contributed by atoms with Crippen molar-refractivity contribution in [3.8, 4) is 0 Å². The van der Waals surface area contributed by atoms with Gasteiger partial charge in [-0.15, -0.1) is 0 Å². The molecule has 1 heterocycles. The molecule has 1 aromatic carbocycles. The molecule has 1 aliphatic rings. The molecular weight excluding hydrogens is 316 g/mol. The Kier molecular flexibility index (Phi) is 3.70. The molecule has 0 spiro atoms. The van der Waals surface area contributed by atoms with Crippen LogP contribution in [0.3, 0.4) is 0 Å². The number of nitrogen functional groups attached to an aromatic ring is 1. The Hall–Kier alpha value is -1.49. The van der Waals surface area contributed by atoms with Gasteiger partial charge in [-0.2, -0.15) is 0 Å². The third kappa shape index (κ3) is 2.68. The molecule has 4 nitrogen and oxygen atoms in total. The van der Waals surface area contributed by atoms with E-state index in [9.17, 15) is 0 Å². The molecule has 0 radical (unpaired) electrons. The fraction of sp³-hybridized carbons (Fsp3) is 0.400. The molecule has 5 heteroatoms. The Morgan fingerprint density at radius 2 is 2.25 bits per heavy atom. The third-order valence-electron chi connectivity index (χ3n) is 3.63. The first-order valence-corrected chi connectivity index (χ1v) is 7.81. The highest BCUT2D eigenvalue weighted by atomic mass is 79.9. The van der Waals surface area contributed by atoms with Crippen molar-refractivity contribution in [2.24, 2.45) is 0 Å². The van der Waals surface area contributed by atoms with Crippen molar-refractivity contribution in [1.29, 1.82) is 0 Å². The van der Waals surface area contributed by atoms with E-state index in [1.54, 1.807) is 0 Å². The number of nitrogens with two attached hydrogens (primary N) is 1. The van der Waals surface area contributed by atoms with Crippen molar-refractivity contribution in [2.45, 2.75) is 32.2 Å². The first-order valence-electron chi connectivity index (χ1n) is 7.01. The van der Waals surface area contributed by atoms with E-state index in [0.717, 1.165) is 29.1 Å². The molecule has 0 amide bonds. The molecule has 1 saturated carbocycles. The zero-order chi connectivity index (χ0) is 14.1. The lowest BCUT2D eigenvalue weighted by atomic mass is 10.1. The van der Waals surface area contributed by atoms with Gasteiger partial charge in [-0.1, -0.05) is 6.07 Å². The lowest BCUT2D eigenvalue weighted by Crippen LogP contribution is -2.05. The van der Waals surface area contributed by atoms with Crippen molar-refractivity contribution in [3.05, 3.63) is 40.4 Å². The second-order valence-corrected chi connectivity index (χ2v) is 6.03. The van der Waals surface area contributed by atoms with E-state index in [4.69, 9.17) is 5.73 Å². The van der Waals surface area contributed by atoms with Crippen LogP contribution in [0.4, 0.5) is 11.4 Å². The molecule has 2 aromatic rings. The van der Waals surface area contributed by atoms with Gasteiger partial charge in [-0.3, -0.25) is 0 Å². The molecule has 0 aliphatic heterocycles. The topological polar surface area (TPSA) is 55.9 Å². The Balaban J connectivity index is 1.86. The summed E-state index contributed by atoms with van der Waals surface area (Å²) < 4.78 is 3.23. The Morgan fingerprint density at radius 1 is 1.45 bits per heavy atom. The largest absolute Gasteiger partial charge is 0.397 e. The summed E-state index contributed by atoms with van der Waals surface area (Å²) in [6.07, 6.45) is 4.46. The molecule has 0 saturated heterocycles. The summed E-state index contributed by atoms with van der Waals surface area (Å²) in [5.41, 5.74) is 10.3. The van der Waals surface area contributed by atoms with Gasteiger partial charge in [0.15, 0.2) is 0 Å². The van der Waals surface area contributed by atoms with Gasteiger partial charge >= 0.3 is 0 Å². The molecule has 0 bridgehead atoms. The summed E-state index contributed by atoms with van der Waals surface area (Å²) in [7, 11) is 0. The predicted octanol–water partition coefficient (Wildman–Crippen LogP) is 3.59. The maximum Gasteiger partial charge on any atom is 0.127 e. The third-order valence-corrected chi connectivity index (χ3v) is 4.24. The van der Waals surface area contributed by atoms with E-state index >= 15 is 0 Å². The van der Waals surface area contributed by atoms with Gasteiger partial charge < -0.3 is 15.6 Å². The number of benzene rings is 1. The van der Waals surface area contributed by atoms with Crippen LogP contribution < -0.4 is 11.1 Å². The Labute approximate surface area is 127 Å². The molecule has 3 N–H and O–H groups in total. The van der Waals surface area contributed by atoms with E-state index in [1.807, 2.05) is 12.4 Å². The maximum absolute atomic E-state index is 5.97. The monoisotopic (exact) mass is 334 g/mol. The highest BCUT2D eigenvalue weighted by molar-refractivity contribution is 9.10.